The Morgan fingerprint density at radius 2 is 2.00 bits per heavy atom. The summed E-state index contributed by atoms with van der Waals surface area (Å²) in [7, 11) is 0. The fourth-order valence-corrected chi connectivity index (χ4v) is 6.37. The number of ether oxygens (including phenoxy) is 1. The fourth-order valence-electron chi connectivity index (χ4n) is 5.23. The molecule has 0 atom stereocenters. The number of likely N-dealkylation sites (tertiary alicyclic amines) is 1. The van der Waals surface area contributed by atoms with E-state index in [1.165, 1.54) is 11.3 Å². The van der Waals surface area contributed by atoms with Crippen LogP contribution in [0.4, 0.5) is 0 Å². The van der Waals surface area contributed by atoms with Gasteiger partial charge in [-0.15, -0.1) is 11.3 Å². The molecule has 0 unspecified atom stereocenters. The number of amides is 1. The first-order chi connectivity index (χ1) is 18.5. The molecule has 6 heterocycles. The molecule has 13 heteroatoms. The van der Waals surface area contributed by atoms with E-state index in [4.69, 9.17) is 4.74 Å². The molecule has 39 heavy (non-hydrogen) atoms. The summed E-state index contributed by atoms with van der Waals surface area (Å²) in [5.74, 6) is 1.64. The number of aromatic nitrogens is 7. The average molecular weight is 549 g/mol. The number of tetrazole rings is 1. The van der Waals surface area contributed by atoms with Gasteiger partial charge in [0.2, 0.25) is 0 Å². The number of fused-ring (bicyclic) bond motifs is 2. The number of ketones is 1. The number of hydrogen-bond acceptors (Lipinski definition) is 9. The number of rotatable bonds is 3. The fraction of sp³-hybridized carbons (Fsp3) is 0.269. The molecule has 0 radical (unpaired) electrons. The molecule has 7 rings (SSSR count). The van der Waals surface area contributed by atoms with Crippen molar-refractivity contribution in [1.82, 2.24) is 40.3 Å². The number of carbonyl (C=O) groups excluding carboxylic acids is 2. The van der Waals surface area contributed by atoms with Crippen molar-refractivity contribution in [2.75, 3.05) is 13.1 Å². The number of aryl methyl sites for hydroxylation is 1. The minimum absolute atomic E-state index is 0. The van der Waals surface area contributed by atoms with Crippen LogP contribution in [0.2, 0.25) is 0 Å². The second-order valence-electron chi connectivity index (χ2n) is 9.61. The van der Waals surface area contributed by atoms with Crippen molar-refractivity contribution in [3.63, 3.8) is 0 Å². The zero-order chi connectivity index (χ0) is 25.9. The van der Waals surface area contributed by atoms with Crippen LogP contribution in [0.3, 0.4) is 0 Å². The molecule has 1 aromatic carbocycles. The first-order valence-electron chi connectivity index (χ1n) is 12.2. The molecule has 2 aliphatic heterocycles. The maximum atomic E-state index is 13.5. The van der Waals surface area contributed by atoms with Crippen LogP contribution < -0.4 is 39.4 Å². The number of Topliss-reactive ketones (excluding diaryl/α,β-unsaturated/α-hetero) is 1. The van der Waals surface area contributed by atoms with Crippen LogP contribution in [0.1, 0.15) is 45.0 Å². The van der Waals surface area contributed by atoms with E-state index in [2.05, 4.69) is 30.7 Å². The molecule has 1 amide bonds. The van der Waals surface area contributed by atoms with E-state index in [0.29, 0.717) is 59.3 Å². The van der Waals surface area contributed by atoms with E-state index < -0.39 is 5.60 Å². The van der Waals surface area contributed by atoms with Gasteiger partial charge in [-0.05, 0) is 42.8 Å². The van der Waals surface area contributed by atoms with E-state index in [0.717, 1.165) is 15.9 Å². The van der Waals surface area contributed by atoms with Crippen molar-refractivity contribution >= 4 is 33.2 Å². The van der Waals surface area contributed by atoms with Crippen LogP contribution in [-0.2, 0) is 0 Å². The molecule has 0 aliphatic carbocycles. The number of benzene rings is 1. The number of pyridine rings is 1. The molecule has 11 nitrogen and oxygen atoms in total. The van der Waals surface area contributed by atoms with Crippen LogP contribution in [0.5, 0.6) is 5.75 Å². The minimum atomic E-state index is -0.613. The van der Waals surface area contributed by atoms with E-state index in [1.54, 1.807) is 29.1 Å². The monoisotopic (exact) mass is 548 g/mol. The van der Waals surface area contributed by atoms with Crippen LogP contribution >= 0.6 is 11.3 Å². The van der Waals surface area contributed by atoms with Gasteiger partial charge < -0.3 is 14.7 Å². The number of piperidine rings is 1. The third kappa shape index (κ3) is 4.46. The normalized spacial score (nSPS) is 16.1. The second kappa shape index (κ2) is 9.94. The quantitative estimate of drug-likeness (QED) is 0.291. The smallest absolute Gasteiger partial charge is 0.486 e. The SMILES string of the molecule is Cc1nn(-c2ccccn2)c2sc(C(=O)N3CCC4(CC3)CC(=O)c3cc(-c5nnn[n-]5)ccc3O4)cc12.[Na+]. The van der Waals surface area contributed by atoms with Crippen molar-refractivity contribution in [1.29, 1.82) is 0 Å². The summed E-state index contributed by atoms with van der Waals surface area (Å²) in [6, 6.07) is 12.9. The van der Waals surface area contributed by atoms with Crippen LogP contribution in [0.15, 0.2) is 48.7 Å². The molecule has 4 aromatic heterocycles. The zero-order valence-electron chi connectivity index (χ0n) is 21.4. The summed E-state index contributed by atoms with van der Waals surface area (Å²) < 4.78 is 8.20. The van der Waals surface area contributed by atoms with Gasteiger partial charge in [-0.1, -0.05) is 12.1 Å². The molecule has 0 saturated carbocycles. The van der Waals surface area contributed by atoms with Gasteiger partial charge in [-0.25, -0.2) is 9.67 Å². The minimum Gasteiger partial charge on any atom is -0.486 e. The zero-order valence-corrected chi connectivity index (χ0v) is 24.2. The van der Waals surface area contributed by atoms with E-state index in [9.17, 15) is 9.59 Å². The maximum absolute atomic E-state index is 13.5. The summed E-state index contributed by atoms with van der Waals surface area (Å²) in [5, 5.41) is 20.3. The third-order valence-electron chi connectivity index (χ3n) is 7.25. The van der Waals surface area contributed by atoms with Crippen molar-refractivity contribution in [3.05, 3.63) is 64.8 Å². The van der Waals surface area contributed by atoms with E-state index in [1.807, 2.05) is 36.1 Å². The third-order valence-corrected chi connectivity index (χ3v) is 8.35. The summed E-state index contributed by atoms with van der Waals surface area (Å²) in [6.07, 6.45) is 3.16. The van der Waals surface area contributed by atoms with E-state index >= 15 is 0 Å². The molecule has 5 aromatic rings. The van der Waals surface area contributed by atoms with Gasteiger partial charge in [0.05, 0.1) is 22.6 Å². The molecule has 1 saturated heterocycles. The van der Waals surface area contributed by atoms with Gasteiger partial charge in [-0.3, -0.25) is 19.9 Å². The Balaban J connectivity index is 0.00000277. The predicted octanol–water partition coefficient (Wildman–Crippen LogP) is 0.244. The maximum Gasteiger partial charge on any atom is 1.00 e. The molecule has 2 aliphatic rings. The Bertz CT molecular complexity index is 1690. The Morgan fingerprint density at radius 1 is 1.15 bits per heavy atom. The molecule has 1 fully saturated rings. The van der Waals surface area contributed by atoms with Gasteiger partial charge in [0, 0.05) is 43.3 Å². The molecule has 0 bridgehead atoms. The van der Waals surface area contributed by atoms with Crippen LogP contribution in [0, 0.1) is 6.92 Å². The topological polar surface area (TPSA) is 130 Å². The van der Waals surface area contributed by atoms with Crippen LogP contribution in [0.25, 0.3) is 27.4 Å². The summed E-state index contributed by atoms with van der Waals surface area (Å²) in [6.45, 7) is 2.96. The van der Waals surface area contributed by atoms with Crippen molar-refractivity contribution < 1.29 is 43.9 Å². The number of thiophene rings is 1. The van der Waals surface area contributed by atoms with Crippen molar-refractivity contribution in [2.24, 2.45) is 0 Å². The molecule has 190 valence electrons. The Hall–Kier alpha value is -3.45. The molecule has 0 N–H and O–H groups in total. The number of hydrogen-bond donors (Lipinski definition) is 0. The van der Waals surface area contributed by atoms with Crippen molar-refractivity contribution in [3.8, 4) is 23.0 Å². The largest absolute Gasteiger partial charge is 1.00 e. The standard InChI is InChI=1S/C26H21N8O3S.Na/c1-15-17-13-21(38-25(17)34(30-15)22-4-2-3-9-27-22)24(36)33-10-7-26(8-11-33)14-19(35)18-12-16(5-6-20(18)37-26)23-28-31-32-29-23;/h2-6,9,12-13H,7-8,10-11,14H2,1H3;/q-1;+1. The molecular formula is C26H21N8NaO3S. The van der Waals surface area contributed by atoms with Gasteiger partial charge >= 0.3 is 29.6 Å². The Labute approximate surface area is 248 Å². The number of nitrogens with zero attached hydrogens (tertiary/aromatic N) is 8. The first-order valence-corrected chi connectivity index (χ1v) is 13.1. The molecule has 1 spiro atoms. The van der Waals surface area contributed by atoms with Gasteiger partial charge in [0.1, 0.15) is 16.2 Å². The van der Waals surface area contributed by atoms with Gasteiger partial charge in [0.15, 0.2) is 11.6 Å². The van der Waals surface area contributed by atoms with Gasteiger partial charge in [0.25, 0.3) is 5.91 Å². The Kier molecular flexibility index (Phi) is 6.58. The van der Waals surface area contributed by atoms with Crippen molar-refractivity contribution in [2.45, 2.75) is 31.8 Å². The summed E-state index contributed by atoms with van der Waals surface area (Å²) >= 11 is 1.42. The summed E-state index contributed by atoms with van der Waals surface area (Å²) in [4.78, 5) is 34.4. The van der Waals surface area contributed by atoms with Gasteiger partial charge in [-0.2, -0.15) is 10.3 Å². The Morgan fingerprint density at radius 3 is 2.74 bits per heavy atom. The first kappa shape index (κ1) is 25.8. The average Bonchev–Trinajstić information content (AvgIpc) is 3.68. The van der Waals surface area contributed by atoms with Crippen LogP contribution in [-0.4, -0.2) is 65.6 Å². The number of carbonyl (C=O) groups is 2. The summed E-state index contributed by atoms with van der Waals surface area (Å²) in [5.41, 5.74) is 1.43. The predicted molar refractivity (Wildman–Crippen MR) is 138 cm³/mol. The van der Waals surface area contributed by atoms with E-state index in [-0.39, 0.29) is 47.7 Å². The molecular weight excluding hydrogens is 527 g/mol. The second-order valence-corrected chi connectivity index (χ2v) is 10.6.